The van der Waals surface area contributed by atoms with E-state index in [4.69, 9.17) is 13.9 Å². The van der Waals surface area contributed by atoms with E-state index in [1.54, 1.807) is 20.3 Å². The summed E-state index contributed by atoms with van der Waals surface area (Å²) in [6.45, 7) is 6.21. The van der Waals surface area contributed by atoms with E-state index >= 15 is 0 Å². The Morgan fingerprint density at radius 1 is 1.15 bits per heavy atom. The van der Waals surface area contributed by atoms with Gasteiger partial charge in [0.2, 0.25) is 17.5 Å². The number of aromatic nitrogens is 1. The number of benzene rings is 1. The summed E-state index contributed by atoms with van der Waals surface area (Å²) in [5, 5.41) is 9.45. The first-order valence-corrected chi connectivity index (χ1v) is 9.10. The van der Waals surface area contributed by atoms with Gasteiger partial charge in [-0.05, 0) is 42.0 Å². The van der Waals surface area contributed by atoms with Crippen LogP contribution in [0.1, 0.15) is 37.4 Å². The second-order valence-electron chi connectivity index (χ2n) is 7.12. The van der Waals surface area contributed by atoms with Crippen molar-refractivity contribution in [3.05, 3.63) is 35.3 Å². The van der Waals surface area contributed by atoms with E-state index in [1.807, 2.05) is 24.3 Å². The SMILES string of the molecule is COc1ccc(/C=C/c2nc(C#N)c(N3C[C@H](C)C[C@H](C)C3)o2)cc1OC. The zero-order valence-corrected chi connectivity index (χ0v) is 16.2. The van der Waals surface area contributed by atoms with Gasteiger partial charge in [-0.2, -0.15) is 10.2 Å². The number of methoxy groups -OCH3 is 2. The monoisotopic (exact) mass is 367 g/mol. The molecule has 142 valence electrons. The van der Waals surface area contributed by atoms with Gasteiger partial charge < -0.3 is 18.8 Å². The van der Waals surface area contributed by atoms with E-state index in [2.05, 4.69) is 29.8 Å². The Kier molecular flexibility index (Phi) is 5.70. The van der Waals surface area contributed by atoms with E-state index in [0.717, 1.165) is 18.7 Å². The molecule has 6 nitrogen and oxygen atoms in total. The average Bonchev–Trinajstić information content (AvgIpc) is 3.08. The molecule has 1 aliphatic rings. The zero-order valence-electron chi connectivity index (χ0n) is 16.2. The molecule has 0 saturated carbocycles. The molecular weight excluding hydrogens is 342 g/mol. The van der Waals surface area contributed by atoms with Crippen molar-refractivity contribution >= 4 is 18.0 Å². The normalized spacial score (nSPS) is 19.9. The van der Waals surface area contributed by atoms with Crippen LogP contribution in [-0.4, -0.2) is 32.3 Å². The molecule has 3 rings (SSSR count). The number of ether oxygens (including phenoxy) is 2. The van der Waals surface area contributed by atoms with Crippen molar-refractivity contribution in [2.75, 3.05) is 32.2 Å². The van der Waals surface area contributed by atoms with Crippen molar-refractivity contribution in [3.8, 4) is 17.6 Å². The highest BCUT2D eigenvalue weighted by molar-refractivity contribution is 5.69. The van der Waals surface area contributed by atoms with E-state index in [9.17, 15) is 5.26 Å². The van der Waals surface area contributed by atoms with E-state index in [0.29, 0.717) is 40.8 Å². The summed E-state index contributed by atoms with van der Waals surface area (Å²) >= 11 is 0. The van der Waals surface area contributed by atoms with Crippen molar-refractivity contribution in [1.29, 1.82) is 5.26 Å². The van der Waals surface area contributed by atoms with Gasteiger partial charge in [-0.3, -0.25) is 0 Å². The molecule has 27 heavy (non-hydrogen) atoms. The molecule has 2 heterocycles. The van der Waals surface area contributed by atoms with Gasteiger partial charge in [0, 0.05) is 19.2 Å². The molecule has 1 aliphatic heterocycles. The lowest BCUT2D eigenvalue weighted by Gasteiger charge is -2.34. The number of rotatable bonds is 5. The Labute approximate surface area is 160 Å². The molecule has 1 saturated heterocycles. The first-order valence-electron chi connectivity index (χ1n) is 9.10. The minimum Gasteiger partial charge on any atom is -0.493 e. The first-order chi connectivity index (χ1) is 13.0. The maximum absolute atomic E-state index is 9.45. The summed E-state index contributed by atoms with van der Waals surface area (Å²) in [7, 11) is 3.21. The minimum atomic E-state index is 0.336. The smallest absolute Gasteiger partial charge is 0.235 e. The Morgan fingerprint density at radius 3 is 2.48 bits per heavy atom. The van der Waals surface area contributed by atoms with Gasteiger partial charge in [0.15, 0.2) is 11.5 Å². The van der Waals surface area contributed by atoms with Crippen molar-refractivity contribution < 1.29 is 13.9 Å². The van der Waals surface area contributed by atoms with Crippen molar-refractivity contribution in [2.45, 2.75) is 20.3 Å². The third-order valence-corrected chi connectivity index (χ3v) is 4.71. The number of hydrogen-bond acceptors (Lipinski definition) is 6. The number of nitriles is 1. The van der Waals surface area contributed by atoms with Gasteiger partial charge in [0.25, 0.3) is 0 Å². The number of piperidine rings is 1. The zero-order chi connectivity index (χ0) is 19.4. The third kappa shape index (κ3) is 4.25. The van der Waals surface area contributed by atoms with Crippen LogP contribution in [0.4, 0.5) is 5.88 Å². The Morgan fingerprint density at radius 2 is 1.85 bits per heavy atom. The molecule has 2 aromatic rings. The van der Waals surface area contributed by atoms with Crippen LogP contribution in [0.2, 0.25) is 0 Å². The van der Waals surface area contributed by atoms with Gasteiger partial charge >= 0.3 is 0 Å². The van der Waals surface area contributed by atoms with Crippen LogP contribution in [0.25, 0.3) is 12.2 Å². The summed E-state index contributed by atoms with van der Waals surface area (Å²) < 4.78 is 16.5. The molecule has 1 aromatic carbocycles. The molecule has 0 amide bonds. The van der Waals surface area contributed by atoms with Crippen LogP contribution >= 0.6 is 0 Å². The second kappa shape index (κ2) is 8.17. The molecule has 6 heteroatoms. The Hall–Kier alpha value is -2.94. The Balaban J connectivity index is 1.83. The molecule has 0 bridgehead atoms. The molecule has 0 N–H and O–H groups in total. The quantitative estimate of drug-likeness (QED) is 0.788. The summed E-state index contributed by atoms with van der Waals surface area (Å²) in [6.07, 6.45) is 4.83. The number of anilines is 1. The molecule has 2 atom stereocenters. The third-order valence-electron chi connectivity index (χ3n) is 4.71. The summed E-state index contributed by atoms with van der Waals surface area (Å²) in [4.78, 5) is 6.47. The van der Waals surface area contributed by atoms with Gasteiger partial charge in [0.1, 0.15) is 6.07 Å². The molecular formula is C21H25N3O3. The average molecular weight is 367 g/mol. The highest BCUT2D eigenvalue weighted by Crippen LogP contribution is 2.31. The summed E-state index contributed by atoms with van der Waals surface area (Å²) in [5.41, 5.74) is 1.26. The lowest BCUT2D eigenvalue weighted by atomic mass is 9.92. The number of nitrogens with zero attached hydrogens (tertiary/aromatic N) is 3. The van der Waals surface area contributed by atoms with E-state index in [-0.39, 0.29) is 0 Å². The maximum Gasteiger partial charge on any atom is 0.235 e. The van der Waals surface area contributed by atoms with Crippen LogP contribution in [0.5, 0.6) is 11.5 Å². The number of oxazole rings is 1. The largest absolute Gasteiger partial charge is 0.493 e. The number of hydrogen-bond donors (Lipinski definition) is 0. The minimum absolute atomic E-state index is 0.336. The van der Waals surface area contributed by atoms with E-state index < -0.39 is 0 Å². The highest BCUT2D eigenvalue weighted by Gasteiger charge is 2.27. The predicted octanol–water partition coefficient (Wildman–Crippen LogP) is 4.22. The predicted molar refractivity (Wildman–Crippen MR) is 105 cm³/mol. The molecule has 1 aromatic heterocycles. The fourth-order valence-electron chi connectivity index (χ4n) is 3.64. The van der Waals surface area contributed by atoms with Crippen LogP contribution in [0.15, 0.2) is 22.6 Å². The standard InChI is InChI=1S/C21H25N3O3/c1-14-9-15(2)13-24(12-14)21-17(11-22)23-20(27-21)8-6-16-5-7-18(25-3)19(10-16)26-4/h5-8,10,14-15H,9,12-13H2,1-4H3/b8-6+/t14-,15+. The highest BCUT2D eigenvalue weighted by atomic mass is 16.5. The molecule has 0 unspecified atom stereocenters. The van der Waals surface area contributed by atoms with Gasteiger partial charge in [-0.25, -0.2) is 0 Å². The lowest BCUT2D eigenvalue weighted by molar-refractivity contribution is 0.342. The first kappa shape index (κ1) is 18.8. The second-order valence-corrected chi connectivity index (χ2v) is 7.12. The van der Waals surface area contributed by atoms with Crippen LogP contribution in [0, 0.1) is 23.2 Å². The maximum atomic E-state index is 9.45. The van der Waals surface area contributed by atoms with Gasteiger partial charge in [0.05, 0.1) is 14.2 Å². The topological polar surface area (TPSA) is 71.5 Å². The van der Waals surface area contributed by atoms with Crippen LogP contribution in [0.3, 0.4) is 0 Å². The lowest BCUT2D eigenvalue weighted by Crippen LogP contribution is -2.38. The summed E-state index contributed by atoms with van der Waals surface area (Å²) in [6, 6.07) is 7.79. The summed E-state index contributed by atoms with van der Waals surface area (Å²) in [5.74, 6) is 3.45. The molecule has 1 fully saturated rings. The van der Waals surface area contributed by atoms with Gasteiger partial charge in [-0.1, -0.05) is 19.9 Å². The molecule has 0 aliphatic carbocycles. The van der Waals surface area contributed by atoms with Crippen molar-refractivity contribution in [3.63, 3.8) is 0 Å². The van der Waals surface area contributed by atoms with Crippen molar-refractivity contribution in [2.24, 2.45) is 11.8 Å². The van der Waals surface area contributed by atoms with Crippen LogP contribution in [-0.2, 0) is 0 Å². The fourth-order valence-corrected chi connectivity index (χ4v) is 3.64. The fraction of sp³-hybridized carbons (Fsp3) is 0.429. The van der Waals surface area contributed by atoms with Gasteiger partial charge in [-0.15, -0.1) is 0 Å². The van der Waals surface area contributed by atoms with Crippen LogP contribution < -0.4 is 14.4 Å². The molecule has 0 spiro atoms. The molecule has 0 radical (unpaired) electrons. The van der Waals surface area contributed by atoms with E-state index in [1.165, 1.54) is 6.42 Å². The van der Waals surface area contributed by atoms with Crippen molar-refractivity contribution in [1.82, 2.24) is 4.98 Å². The Bertz CT molecular complexity index is 856.